The molecular weight excluding hydrogens is 328 g/mol. The largest absolute Gasteiger partial charge is 0.484 e. The van der Waals surface area contributed by atoms with E-state index in [0.29, 0.717) is 28.8 Å². The molecule has 0 fully saturated rings. The summed E-state index contributed by atoms with van der Waals surface area (Å²) in [5.41, 5.74) is 0.948. The summed E-state index contributed by atoms with van der Waals surface area (Å²) in [6.45, 7) is 0.324. The van der Waals surface area contributed by atoms with Crippen LogP contribution in [0.2, 0.25) is 10.0 Å². The molecular formula is C16H14Cl2FNO2. The molecule has 0 aliphatic carbocycles. The van der Waals surface area contributed by atoms with Gasteiger partial charge in [-0.15, -0.1) is 0 Å². The number of benzene rings is 2. The number of ether oxygens (including phenoxy) is 1. The molecule has 0 spiro atoms. The van der Waals surface area contributed by atoms with Crippen LogP contribution in [0.25, 0.3) is 0 Å². The summed E-state index contributed by atoms with van der Waals surface area (Å²) < 4.78 is 18.1. The number of nitrogens with one attached hydrogen (secondary N) is 1. The first-order valence-electron chi connectivity index (χ1n) is 6.63. The van der Waals surface area contributed by atoms with Crippen molar-refractivity contribution in [3.05, 3.63) is 63.9 Å². The molecule has 1 N–H and O–H groups in total. The molecule has 0 saturated heterocycles. The molecule has 0 unspecified atom stereocenters. The number of rotatable bonds is 6. The van der Waals surface area contributed by atoms with E-state index in [1.54, 1.807) is 30.3 Å². The first-order valence-corrected chi connectivity index (χ1v) is 7.38. The zero-order valence-corrected chi connectivity index (χ0v) is 13.1. The summed E-state index contributed by atoms with van der Waals surface area (Å²) in [4.78, 5) is 11.7. The molecule has 2 aromatic rings. The minimum atomic E-state index is -0.277. The van der Waals surface area contributed by atoms with Crippen LogP contribution in [0.1, 0.15) is 5.56 Å². The number of hydrogen-bond donors (Lipinski definition) is 1. The Kier molecular flexibility index (Phi) is 6.04. The number of carbonyl (C=O) groups excluding carboxylic acids is 1. The Morgan fingerprint density at radius 2 is 1.73 bits per heavy atom. The summed E-state index contributed by atoms with van der Waals surface area (Å²) >= 11 is 11.7. The third-order valence-corrected chi connectivity index (χ3v) is 3.29. The zero-order valence-electron chi connectivity index (χ0n) is 11.6. The molecule has 2 rings (SSSR count). The molecule has 0 heterocycles. The van der Waals surface area contributed by atoms with Crippen molar-refractivity contribution in [2.75, 3.05) is 13.2 Å². The Morgan fingerprint density at radius 3 is 2.36 bits per heavy atom. The number of amides is 1. The highest BCUT2D eigenvalue weighted by molar-refractivity contribution is 6.34. The van der Waals surface area contributed by atoms with Crippen LogP contribution in [0.3, 0.4) is 0 Å². The third kappa shape index (κ3) is 5.54. The summed E-state index contributed by atoms with van der Waals surface area (Å²) in [7, 11) is 0. The third-order valence-electron chi connectivity index (χ3n) is 2.86. The fourth-order valence-electron chi connectivity index (χ4n) is 1.81. The van der Waals surface area contributed by atoms with E-state index in [2.05, 4.69) is 5.32 Å². The Labute approximate surface area is 138 Å². The quantitative estimate of drug-likeness (QED) is 0.866. The summed E-state index contributed by atoms with van der Waals surface area (Å²) in [6.07, 6.45) is 0.620. The van der Waals surface area contributed by atoms with Crippen molar-refractivity contribution in [2.24, 2.45) is 0 Å². The van der Waals surface area contributed by atoms with Gasteiger partial charge in [-0.2, -0.15) is 0 Å². The van der Waals surface area contributed by atoms with Crippen molar-refractivity contribution in [3.8, 4) is 5.75 Å². The van der Waals surface area contributed by atoms with Crippen LogP contribution in [-0.2, 0) is 11.2 Å². The van der Waals surface area contributed by atoms with Crippen LogP contribution in [0, 0.1) is 5.82 Å². The van der Waals surface area contributed by atoms with Crippen LogP contribution in [-0.4, -0.2) is 19.1 Å². The first-order chi connectivity index (χ1) is 10.5. The monoisotopic (exact) mass is 341 g/mol. The van der Waals surface area contributed by atoms with Gasteiger partial charge in [0.2, 0.25) is 0 Å². The van der Waals surface area contributed by atoms with Crippen molar-refractivity contribution in [1.29, 1.82) is 0 Å². The van der Waals surface area contributed by atoms with Crippen LogP contribution in [0.15, 0.2) is 42.5 Å². The molecule has 0 atom stereocenters. The standard InChI is InChI=1S/C16H14Cl2FNO2/c17-12-7-13(18)9-15(8-12)22-10-16(21)20-6-5-11-1-3-14(19)4-2-11/h1-4,7-9H,5-6,10H2,(H,20,21). The molecule has 0 aliphatic heterocycles. The van der Waals surface area contributed by atoms with Crippen molar-refractivity contribution in [3.63, 3.8) is 0 Å². The summed E-state index contributed by atoms with van der Waals surface area (Å²) in [6, 6.07) is 10.9. The lowest BCUT2D eigenvalue weighted by atomic mass is 10.1. The molecule has 0 aliphatic rings. The van der Waals surface area contributed by atoms with Gasteiger partial charge in [-0.3, -0.25) is 4.79 Å². The lowest BCUT2D eigenvalue weighted by molar-refractivity contribution is -0.123. The second-order valence-corrected chi connectivity index (χ2v) is 5.49. The normalized spacial score (nSPS) is 10.3. The van der Waals surface area contributed by atoms with Crippen LogP contribution in [0.4, 0.5) is 4.39 Å². The highest BCUT2D eigenvalue weighted by Gasteiger charge is 2.04. The van der Waals surface area contributed by atoms with E-state index in [0.717, 1.165) is 5.56 Å². The second-order valence-electron chi connectivity index (χ2n) is 4.62. The summed E-state index contributed by atoms with van der Waals surface area (Å²) in [5.74, 6) is -0.0919. The Morgan fingerprint density at radius 1 is 1.09 bits per heavy atom. The van der Waals surface area contributed by atoms with Crippen molar-refractivity contribution in [2.45, 2.75) is 6.42 Å². The highest BCUT2D eigenvalue weighted by Crippen LogP contribution is 2.23. The zero-order chi connectivity index (χ0) is 15.9. The van der Waals surface area contributed by atoms with Crippen molar-refractivity contribution in [1.82, 2.24) is 5.32 Å². The van der Waals surface area contributed by atoms with Gasteiger partial charge >= 0.3 is 0 Å². The van der Waals surface area contributed by atoms with E-state index in [1.165, 1.54) is 12.1 Å². The molecule has 0 radical (unpaired) electrons. The second kappa shape index (κ2) is 8.01. The molecule has 0 saturated carbocycles. The lowest BCUT2D eigenvalue weighted by Crippen LogP contribution is -2.30. The van der Waals surface area contributed by atoms with Gasteiger partial charge in [0.15, 0.2) is 6.61 Å². The van der Waals surface area contributed by atoms with E-state index in [9.17, 15) is 9.18 Å². The first kappa shape index (κ1) is 16.6. The van der Waals surface area contributed by atoms with Gasteiger partial charge in [-0.05, 0) is 42.3 Å². The average molecular weight is 342 g/mol. The fourth-order valence-corrected chi connectivity index (χ4v) is 2.32. The predicted molar refractivity (Wildman–Crippen MR) is 85.1 cm³/mol. The van der Waals surface area contributed by atoms with Crippen molar-refractivity contribution >= 4 is 29.1 Å². The van der Waals surface area contributed by atoms with Gasteiger partial charge in [0.25, 0.3) is 5.91 Å². The van der Waals surface area contributed by atoms with Crippen molar-refractivity contribution < 1.29 is 13.9 Å². The smallest absolute Gasteiger partial charge is 0.257 e. The number of hydrogen-bond acceptors (Lipinski definition) is 2. The highest BCUT2D eigenvalue weighted by atomic mass is 35.5. The van der Waals surface area contributed by atoms with Gasteiger partial charge < -0.3 is 10.1 Å². The molecule has 22 heavy (non-hydrogen) atoms. The van der Waals surface area contributed by atoms with Gasteiger partial charge in [0.1, 0.15) is 11.6 Å². The maximum atomic E-state index is 12.8. The van der Waals surface area contributed by atoms with E-state index in [4.69, 9.17) is 27.9 Å². The average Bonchev–Trinajstić information content (AvgIpc) is 2.46. The molecule has 0 bridgehead atoms. The maximum absolute atomic E-state index is 12.8. The predicted octanol–water partition coefficient (Wildman–Crippen LogP) is 3.87. The van der Waals surface area contributed by atoms with Gasteiger partial charge in [0, 0.05) is 16.6 Å². The maximum Gasteiger partial charge on any atom is 0.257 e. The van der Waals surface area contributed by atoms with Crippen LogP contribution >= 0.6 is 23.2 Å². The van der Waals surface area contributed by atoms with Gasteiger partial charge in [-0.25, -0.2) is 4.39 Å². The number of halogens is 3. The summed E-state index contributed by atoms with van der Waals surface area (Å²) in [5, 5.41) is 3.61. The Balaban J connectivity index is 1.72. The van der Waals surface area contributed by atoms with Gasteiger partial charge in [-0.1, -0.05) is 35.3 Å². The molecule has 0 aromatic heterocycles. The van der Waals surface area contributed by atoms with E-state index in [-0.39, 0.29) is 18.3 Å². The number of carbonyl (C=O) groups is 1. The minimum Gasteiger partial charge on any atom is -0.484 e. The Bertz CT molecular complexity index is 627. The Hall–Kier alpha value is -1.78. The van der Waals surface area contributed by atoms with Gasteiger partial charge in [0.05, 0.1) is 0 Å². The SMILES string of the molecule is O=C(COc1cc(Cl)cc(Cl)c1)NCCc1ccc(F)cc1. The lowest BCUT2D eigenvalue weighted by Gasteiger charge is -2.08. The van der Waals surface area contributed by atoms with E-state index < -0.39 is 0 Å². The van der Waals surface area contributed by atoms with E-state index in [1.807, 2.05) is 0 Å². The topological polar surface area (TPSA) is 38.3 Å². The molecule has 6 heteroatoms. The minimum absolute atomic E-state index is 0.125. The molecule has 1 amide bonds. The van der Waals surface area contributed by atoms with Crippen LogP contribution in [0.5, 0.6) is 5.75 Å². The molecule has 2 aromatic carbocycles. The van der Waals surface area contributed by atoms with E-state index >= 15 is 0 Å². The molecule has 3 nitrogen and oxygen atoms in total. The molecule has 116 valence electrons. The fraction of sp³-hybridized carbons (Fsp3) is 0.188. The van der Waals surface area contributed by atoms with Crippen LogP contribution < -0.4 is 10.1 Å².